The summed E-state index contributed by atoms with van der Waals surface area (Å²) in [5.41, 5.74) is 2.19. The van der Waals surface area contributed by atoms with Crippen molar-refractivity contribution in [3.63, 3.8) is 0 Å². The molecule has 0 aromatic heterocycles. The summed E-state index contributed by atoms with van der Waals surface area (Å²) in [4.78, 5) is 13.8. The van der Waals surface area contributed by atoms with Crippen molar-refractivity contribution >= 4 is 11.6 Å². The first kappa shape index (κ1) is 14.0. The third-order valence-electron chi connectivity index (χ3n) is 3.39. The third-order valence-corrected chi connectivity index (χ3v) is 3.39. The molecule has 0 bridgehead atoms. The Labute approximate surface area is 114 Å². The number of morpholine rings is 1. The first-order valence-corrected chi connectivity index (χ1v) is 6.58. The van der Waals surface area contributed by atoms with Gasteiger partial charge in [0.25, 0.3) is 5.91 Å². The molecule has 2 rings (SSSR count). The smallest absolute Gasteiger partial charge is 0.258 e. The van der Waals surface area contributed by atoms with Gasteiger partial charge in [0.15, 0.2) is 6.10 Å². The molecule has 1 saturated heterocycles. The molecule has 4 heteroatoms. The van der Waals surface area contributed by atoms with E-state index in [1.54, 1.807) is 4.90 Å². The molecule has 0 aliphatic carbocycles. The lowest BCUT2D eigenvalue weighted by Gasteiger charge is -2.32. The fourth-order valence-corrected chi connectivity index (χ4v) is 2.17. The Hall–Kier alpha value is -1.39. The van der Waals surface area contributed by atoms with Crippen LogP contribution in [0, 0.1) is 0 Å². The zero-order valence-electron chi connectivity index (χ0n) is 11.7. The van der Waals surface area contributed by atoms with Gasteiger partial charge >= 0.3 is 0 Å². The Morgan fingerprint density at radius 3 is 2.47 bits per heavy atom. The van der Waals surface area contributed by atoms with Crippen molar-refractivity contribution in [2.75, 3.05) is 24.7 Å². The lowest BCUT2D eigenvalue weighted by molar-refractivity contribution is -0.136. The molecular weight excluding hydrogens is 242 g/mol. The number of benzene rings is 1. The summed E-state index contributed by atoms with van der Waals surface area (Å²) in [6.45, 7) is 7.19. The van der Waals surface area contributed by atoms with Gasteiger partial charge in [-0.2, -0.15) is 0 Å². The van der Waals surface area contributed by atoms with Gasteiger partial charge in [0.05, 0.1) is 13.2 Å². The molecule has 1 aliphatic heterocycles. The van der Waals surface area contributed by atoms with E-state index in [4.69, 9.17) is 9.84 Å². The van der Waals surface area contributed by atoms with Crippen molar-refractivity contribution in [1.82, 2.24) is 0 Å². The molecule has 1 aromatic rings. The van der Waals surface area contributed by atoms with Crippen molar-refractivity contribution in [2.24, 2.45) is 0 Å². The van der Waals surface area contributed by atoms with E-state index < -0.39 is 6.10 Å². The van der Waals surface area contributed by atoms with Crippen LogP contribution in [0.15, 0.2) is 24.3 Å². The van der Waals surface area contributed by atoms with Crippen LogP contribution >= 0.6 is 0 Å². The van der Waals surface area contributed by atoms with Crippen LogP contribution in [0.1, 0.15) is 26.3 Å². The Bertz CT molecular complexity index is 447. The van der Waals surface area contributed by atoms with Gasteiger partial charge in [-0.15, -0.1) is 0 Å². The fourth-order valence-electron chi connectivity index (χ4n) is 2.17. The zero-order valence-corrected chi connectivity index (χ0v) is 11.7. The number of ether oxygens (including phenoxy) is 1. The van der Waals surface area contributed by atoms with Gasteiger partial charge in [-0.3, -0.25) is 4.79 Å². The molecule has 1 fully saturated rings. The van der Waals surface area contributed by atoms with Gasteiger partial charge in [0.1, 0.15) is 0 Å². The van der Waals surface area contributed by atoms with Gasteiger partial charge < -0.3 is 14.7 Å². The Balaban J connectivity index is 2.20. The van der Waals surface area contributed by atoms with E-state index in [2.05, 4.69) is 20.8 Å². The molecular formula is C15H21NO3. The first-order chi connectivity index (χ1) is 8.93. The topological polar surface area (TPSA) is 49.8 Å². The lowest BCUT2D eigenvalue weighted by Crippen LogP contribution is -2.49. The minimum Gasteiger partial charge on any atom is -0.393 e. The molecule has 1 N–H and O–H groups in total. The van der Waals surface area contributed by atoms with Gasteiger partial charge in [-0.25, -0.2) is 0 Å². The number of aliphatic hydroxyl groups excluding tert-OH is 1. The molecule has 19 heavy (non-hydrogen) atoms. The summed E-state index contributed by atoms with van der Waals surface area (Å²) in [6.07, 6.45) is -0.726. The molecule has 0 spiro atoms. The van der Waals surface area contributed by atoms with Crippen LogP contribution < -0.4 is 4.90 Å². The lowest BCUT2D eigenvalue weighted by atomic mass is 9.87. The number of hydrogen-bond acceptors (Lipinski definition) is 3. The van der Waals surface area contributed by atoms with E-state index in [9.17, 15) is 4.79 Å². The predicted octanol–water partition coefficient (Wildman–Crippen LogP) is 1.71. The zero-order chi connectivity index (χ0) is 14.0. The van der Waals surface area contributed by atoms with Crippen molar-refractivity contribution in [3.05, 3.63) is 29.8 Å². The van der Waals surface area contributed by atoms with E-state index in [1.807, 2.05) is 24.3 Å². The molecule has 104 valence electrons. The number of rotatable bonds is 2. The van der Waals surface area contributed by atoms with E-state index in [0.717, 1.165) is 5.69 Å². The molecule has 1 atom stereocenters. The highest BCUT2D eigenvalue weighted by molar-refractivity contribution is 5.97. The van der Waals surface area contributed by atoms with E-state index >= 15 is 0 Å². The summed E-state index contributed by atoms with van der Waals surface area (Å²) in [5, 5.41) is 9.10. The molecule has 1 heterocycles. The van der Waals surface area contributed by atoms with Gasteiger partial charge in [-0.05, 0) is 23.1 Å². The summed E-state index contributed by atoms with van der Waals surface area (Å²) >= 11 is 0. The summed E-state index contributed by atoms with van der Waals surface area (Å²) in [6, 6.07) is 8.01. The van der Waals surface area contributed by atoms with Gasteiger partial charge in [-0.1, -0.05) is 32.9 Å². The first-order valence-electron chi connectivity index (χ1n) is 6.58. The highest BCUT2D eigenvalue weighted by atomic mass is 16.5. The van der Waals surface area contributed by atoms with E-state index in [0.29, 0.717) is 13.2 Å². The quantitative estimate of drug-likeness (QED) is 0.883. The number of carbonyl (C=O) groups is 1. The molecule has 1 amide bonds. The Morgan fingerprint density at radius 2 is 1.95 bits per heavy atom. The highest BCUT2D eigenvalue weighted by Gasteiger charge is 2.30. The van der Waals surface area contributed by atoms with Crippen LogP contribution in [0.4, 0.5) is 5.69 Å². The second-order valence-corrected chi connectivity index (χ2v) is 5.83. The van der Waals surface area contributed by atoms with Gasteiger partial charge in [0, 0.05) is 12.2 Å². The minimum absolute atomic E-state index is 0.0984. The Kier molecular flexibility index (Phi) is 3.92. The van der Waals surface area contributed by atoms with Crippen LogP contribution in [0.25, 0.3) is 0 Å². The third kappa shape index (κ3) is 2.96. The number of nitrogens with zero attached hydrogens (tertiary/aromatic N) is 1. The maximum atomic E-state index is 12.1. The Morgan fingerprint density at radius 1 is 1.32 bits per heavy atom. The minimum atomic E-state index is -0.726. The van der Waals surface area contributed by atoms with Crippen molar-refractivity contribution < 1.29 is 14.6 Å². The maximum Gasteiger partial charge on any atom is 0.258 e. The second-order valence-electron chi connectivity index (χ2n) is 5.83. The summed E-state index contributed by atoms with van der Waals surface area (Å²) < 4.78 is 5.23. The molecule has 0 saturated carbocycles. The molecule has 4 nitrogen and oxygen atoms in total. The molecule has 1 aliphatic rings. The number of anilines is 1. The average molecular weight is 263 g/mol. The van der Waals surface area contributed by atoms with Crippen LogP contribution in [-0.2, 0) is 14.9 Å². The predicted molar refractivity (Wildman–Crippen MR) is 74.3 cm³/mol. The summed E-state index contributed by atoms with van der Waals surface area (Å²) in [5.74, 6) is -0.169. The average Bonchev–Trinajstić information content (AvgIpc) is 2.38. The van der Waals surface area contributed by atoms with Crippen LogP contribution in [0.2, 0.25) is 0 Å². The van der Waals surface area contributed by atoms with Crippen molar-refractivity contribution in [2.45, 2.75) is 32.3 Å². The van der Waals surface area contributed by atoms with E-state index in [-0.39, 0.29) is 17.9 Å². The number of amides is 1. The largest absolute Gasteiger partial charge is 0.393 e. The standard InChI is InChI=1S/C15H21NO3/c1-15(2,3)11-4-6-12(7-5-11)16-8-9-19-13(10-17)14(16)18/h4-7,13,17H,8-10H2,1-3H3. The SMILES string of the molecule is CC(C)(C)c1ccc(N2CCOC(CO)C2=O)cc1. The van der Waals surface area contributed by atoms with Crippen molar-refractivity contribution in [3.8, 4) is 0 Å². The van der Waals surface area contributed by atoms with Crippen molar-refractivity contribution in [1.29, 1.82) is 0 Å². The number of aliphatic hydroxyl groups is 1. The maximum absolute atomic E-state index is 12.1. The fraction of sp³-hybridized carbons (Fsp3) is 0.533. The normalized spacial score (nSPS) is 20.7. The number of carbonyl (C=O) groups excluding carboxylic acids is 1. The van der Waals surface area contributed by atoms with Crippen LogP contribution in [0.3, 0.4) is 0 Å². The monoisotopic (exact) mass is 263 g/mol. The molecule has 1 unspecified atom stereocenters. The van der Waals surface area contributed by atoms with Gasteiger partial charge in [0.2, 0.25) is 0 Å². The molecule has 0 radical (unpaired) electrons. The molecule has 1 aromatic carbocycles. The van der Waals surface area contributed by atoms with E-state index in [1.165, 1.54) is 5.56 Å². The number of hydrogen-bond donors (Lipinski definition) is 1. The second kappa shape index (κ2) is 5.31. The van der Waals surface area contributed by atoms with Crippen LogP contribution in [0.5, 0.6) is 0 Å². The highest BCUT2D eigenvalue weighted by Crippen LogP contribution is 2.26. The van der Waals surface area contributed by atoms with Crippen LogP contribution in [-0.4, -0.2) is 36.9 Å². The summed E-state index contributed by atoms with van der Waals surface area (Å²) in [7, 11) is 0.